The average Bonchev–Trinajstić information content (AvgIpc) is 2.34. The third kappa shape index (κ3) is 2.77. The van der Waals surface area contributed by atoms with Gasteiger partial charge in [0, 0.05) is 4.47 Å². The van der Waals surface area contributed by atoms with Gasteiger partial charge >= 0.3 is 0 Å². The molecule has 0 spiro atoms. The van der Waals surface area contributed by atoms with E-state index >= 15 is 0 Å². The van der Waals surface area contributed by atoms with Crippen molar-refractivity contribution in [3.8, 4) is 11.6 Å². The van der Waals surface area contributed by atoms with Crippen LogP contribution < -0.4 is 10.5 Å². The van der Waals surface area contributed by atoms with Crippen LogP contribution in [0.15, 0.2) is 34.9 Å². The van der Waals surface area contributed by atoms with Crippen LogP contribution in [0.3, 0.4) is 0 Å². The normalized spacial score (nSPS) is 10.1. The summed E-state index contributed by atoms with van der Waals surface area (Å²) in [7, 11) is 0. The highest BCUT2D eigenvalue weighted by molar-refractivity contribution is 9.10. The van der Waals surface area contributed by atoms with E-state index in [0.29, 0.717) is 16.3 Å². The van der Waals surface area contributed by atoms with Crippen LogP contribution in [0, 0.1) is 5.41 Å². The van der Waals surface area contributed by atoms with Crippen molar-refractivity contribution in [1.82, 2.24) is 10.2 Å². The highest BCUT2D eigenvalue weighted by atomic mass is 79.9. The molecule has 0 aliphatic carbocycles. The molecule has 5 nitrogen and oxygen atoms in total. The van der Waals surface area contributed by atoms with E-state index in [9.17, 15) is 0 Å². The highest BCUT2D eigenvalue weighted by Crippen LogP contribution is 2.32. The molecule has 92 valence electrons. The van der Waals surface area contributed by atoms with Gasteiger partial charge in [-0.1, -0.05) is 27.5 Å². The van der Waals surface area contributed by atoms with E-state index in [-0.39, 0.29) is 11.7 Å². The fourth-order valence-electron chi connectivity index (χ4n) is 1.26. The first-order valence-electron chi connectivity index (χ1n) is 4.87. The van der Waals surface area contributed by atoms with Crippen molar-refractivity contribution in [3.05, 3.63) is 45.5 Å². The van der Waals surface area contributed by atoms with Crippen molar-refractivity contribution < 1.29 is 4.74 Å². The molecule has 0 bridgehead atoms. The molecule has 1 heterocycles. The molecule has 0 atom stereocenters. The van der Waals surface area contributed by atoms with Crippen LogP contribution in [0.25, 0.3) is 0 Å². The number of nitrogens with two attached hydrogens (primary N) is 1. The summed E-state index contributed by atoms with van der Waals surface area (Å²) in [5.74, 6) is 0.407. The van der Waals surface area contributed by atoms with Gasteiger partial charge in [-0.3, -0.25) is 5.41 Å². The van der Waals surface area contributed by atoms with Gasteiger partial charge in [-0.25, -0.2) is 0 Å². The Bertz CT molecular complexity index is 605. The second-order valence-electron chi connectivity index (χ2n) is 3.34. The molecule has 0 aliphatic rings. The van der Waals surface area contributed by atoms with Crippen LogP contribution in [-0.4, -0.2) is 16.0 Å². The maximum absolute atomic E-state index is 7.43. The summed E-state index contributed by atoms with van der Waals surface area (Å²) in [6.45, 7) is 0. The zero-order chi connectivity index (χ0) is 13.1. The lowest BCUT2D eigenvalue weighted by molar-refractivity contribution is 0.454. The van der Waals surface area contributed by atoms with E-state index in [2.05, 4.69) is 26.1 Å². The molecule has 0 radical (unpaired) electrons. The van der Waals surface area contributed by atoms with Gasteiger partial charge in [0.2, 0.25) is 5.88 Å². The zero-order valence-electron chi connectivity index (χ0n) is 9.02. The van der Waals surface area contributed by atoms with E-state index in [1.807, 2.05) is 0 Å². The molecule has 0 aliphatic heterocycles. The van der Waals surface area contributed by atoms with Crippen molar-refractivity contribution in [2.24, 2.45) is 5.73 Å². The predicted molar refractivity (Wildman–Crippen MR) is 72.3 cm³/mol. The molecule has 2 rings (SSSR count). The van der Waals surface area contributed by atoms with Crippen molar-refractivity contribution >= 4 is 33.4 Å². The summed E-state index contributed by atoms with van der Waals surface area (Å²) in [6.07, 6.45) is 1.44. The van der Waals surface area contributed by atoms with Gasteiger partial charge in [0.05, 0.1) is 16.8 Å². The Morgan fingerprint density at radius 1 is 1.39 bits per heavy atom. The average molecular weight is 328 g/mol. The molecule has 0 unspecified atom stereocenters. The van der Waals surface area contributed by atoms with Crippen molar-refractivity contribution in [3.63, 3.8) is 0 Å². The van der Waals surface area contributed by atoms with Gasteiger partial charge in [0.1, 0.15) is 11.6 Å². The molecule has 1 aromatic carbocycles. The summed E-state index contributed by atoms with van der Waals surface area (Å²) in [5, 5.41) is 15.3. The lowest BCUT2D eigenvalue weighted by Crippen LogP contribution is -2.13. The molecule has 1 aromatic heterocycles. The fourth-order valence-corrected chi connectivity index (χ4v) is 1.75. The lowest BCUT2D eigenvalue weighted by Gasteiger charge is -2.09. The third-order valence-electron chi connectivity index (χ3n) is 2.08. The molecule has 2 aromatic rings. The molecular weight excluding hydrogens is 320 g/mol. The Kier molecular flexibility index (Phi) is 3.78. The van der Waals surface area contributed by atoms with Crippen molar-refractivity contribution in [2.45, 2.75) is 0 Å². The van der Waals surface area contributed by atoms with Gasteiger partial charge in [0.25, 0.3) is 0 Å². The maximum Gasteiger partial charge on any atom is 0.249 e. The minimum Gasteiger partial charge on any atom is -0.435 e. The monoisotopic (exact) mass is 326 g/mol. The third-order valence-corrected chi connectivity index (χ3v) is 2.88. The van der Waals surface area contributed by atoms with Crippen molar-refractivity contribution in [2.75, 3.05) is 0 Å². The molecule has 0 amide bonds. The van der Waals surface area contributed by atoms with Crippen LogP contribution in [0.2, 0.25) is 5.02 Å². The van der Waals surface area contributed by atoms with Gasteiger partial charge in [0.15, 0.2) is 0 Å². The SMILES string of the molecule is N=C(N)c1ccnnc1Oc1cc(Br)ccc1Cl. The first-order chi connectivity index (χ1) is 8.58. The van der Waals surface area contributed by atoms with E-state index in [0.717, 1.165) is 4.47 Å². The van der Waals surface area contributed by atoms with E-state index in [1.54, 1.807) is 24.3 Å². The van der Waals surface area contributed by atoms with E-state index in [1.165, 1.54) is 6.20 Å². The largest absolute Gasteiger partial charge is 0.435 e. The minimum atomic E-state index is -0.147. The summed E-state index contributed by atoms with van der Waals surface area (Å²) in [6, 6.07) is 6.72. The van der Waals surface area contributed by atoms with Crippen LogP contribution in [0.1, 0.15) is 5.56 Å². The smallest absolute Gasteiger partial charge is 0.249 e. The molecule has 0 fully saturated rings. The van der Waals surface area contributed by atoms with Gasteiger partial charge in [-0.2, -0.15) is 5.10 Å². The Morgan fingerprint density at radius 2 is 2.17 bits per heavy atom. The molecule has 18 heavy (non-hydrogen) atoms. The highest BCUT2D eigenvalue weighted by Gasteiger charge is 2.11. The summed E-state index contributed by atoms with van der Waals surface area (Å²) < 4.78 is 6.34. The quantitative estimate of drug-likeness (QED) is 0.670. The molecule has 0 saturated heterocycles. The maximum atomic E-state index is 7.43. The Balaban J connectivity index is 2.40. The van der Waals surface area contributed by atoms with Gasteiger partial charge in [-0.05, 0) is 24.3 Å². The lowest BCUT2D eigenvalue weighted by atomic mass is 10.3. The number of halogens is 2. The summed E-state index contributed by atoms with van der Waals surface area (Å²) in [4.78, 5) is 0. The van der Waals surface area contributed by atoms with Crippen LogP contribution in [0.5, 0.6) is 11.6 Å². The van der Waals surface area contributed by atoms with Crippen LogP contribution in [0.4, 0.5) is 0 Å². The number of nitrogen functional groups attached to an aromatic ring is 1. The van der Waals surface area contributed by atoms with Crippen LogP contribution in [-0.2, 0) is 0 Å². The minimum absolute atomic E-state index is 0.144. The number of nitrogens with one attached hydrogen (secondary N) is 1. The number of nitrogens with zero attached hydrogens (tertiary/aromatic N) is 2. The van der Waals surface area contributed by atoms with E-state index < -0.39 is 0 Å². The van der Waals surface area contributed by atoms with Crippen molar-refractivity contribution in [1.29, 1.82) is 5.41 Å². The Hall–Kier alpha value is -1.66. The molecular formula is C11H8BrClN4O. The van der Waals surface area contributed by atoms with Gasteiger partial charge < -0.3 is 10.5 Å². The number of aromatic nitrogens is 2. The first kappa shape index (κ1) is 12.8. The Labute approximate surface area is 117 Å². The number of ether oxygens (including phenoxy) is 1. The number of hydrogen-bond acceptors (Lipinski definition) is 4. The number of amidine groups is 1. The molecule has 0 saturated carbocycles. The number of rotatable bonds is 3. The van der Waals surface area contributed by atoms with E-state index in [4.69, 9.17) is 27.5 Å². The standard InChI is InChI=1S/C11H8BrClN4O/c12-6-1-2-8(13)9(5-6)18-11-7(10(14)15)3-4-16-17-11/h1-5H,(H3,14,15). The van der Waals surface area contributed by atoms with Gasteiger partial charge in [-0.15, -0.1) is 5.10 Å². The van der Waals surface area contributed by atoms with Crippen LogP contribution >= 0.6 is 27.5 Å². The predicted octanol–water partition coefficient (Wildman–Crippen LogP) is 2.97. The molecule has 3 N–H and O–H groups in total. The molecule has 7 heteroatoms. The second kappa shape index (κ2) is 5.32. The zero-order valence-corrected chi connectivity index (χ0v) is 11.4. The summed E-state index contributed by atoms with van der Waals surface area (Å²) >= 11 is 9.31. The second-order valence-corrected chi connectivity index (χ2v) is 4.66. The Morgan fingerprint density at radius 3 is 2.89 bits per heavy atom. The summed E-state index contributed by atoms with van der Waals surface area (Å²) in [5.41, 5.74) is 5.79. The topological polar surface area (TPSA) is 84.9 Å². The first-order valence-corrected chi connectivity index (χ1v) is 6.04. The fraction of sp³-hybridized carbons (Fsp3) is 0. The number of benzene rings is 1. The number of hydrogen-bond donors (Lipinski definition) is 2.